The Morgan fingerprint density at radius 3 is 2.38 bits per heavy atom. The molecule has 1 aliphatic carbocycles. The van der Waals surface area contributed by atoms with E-state index in [-0.39, 0.29) is 23.7 Å². The van der Waals surface area contributed by atoms with Crippen LogP contribution in [0.2, 0.25) is 0 Å². The summed E-state index contributed by atoms with van der Waals surface area (Å²) in [5.74, 6) is 0.848. The minimum absolute atomic E-state index is 0. The Kier molecular flexibility index (Phi) is 5.51. The SMILES string of the molecule is Cl.O=C(CC1CC2CCC(C1)N2)NCC1(c2ccccc2)CCC1. The normalized spacial score (nSPS) is 30.1. The molecule has 3 nitrogen and oxygen atoms in total. The molecule has 4 heteroatoms. The van der Waals surface area contributed by atoms with Gasteiger partial charge in [-0.2, -0.15) is 0 Å². The van der Waals surface area contributed by atoms with Crippen LogP contribution in [0.15, 0.2) is 30.3 Å². The predicted molar refractivity (Wildman–Crippen MR) is 99.5 cm³/mol. The van der Waals surface area contributed by atoms with E-state index in [4.69, 9.17) is 0 Å². The monoisotopic (exact) mass is 348 g/mol. The molecule has 3 fully saturated rings. The smallest absolute Gasteiger partial charge is 0.220 e. The summed E-state index contributed by atoms with van der Waals surface area (Å²) in [4.78, 5) is 12.4. The molecule has 0 spiro atoms. The van der Waals surface area contributed by atoms with Crippen molar-refractivity contribution in [2.45, 2.75) is 68.9 Å². The number of rotatable bonds is 5. The maximum Gasteiger partial charge on any atom is 0.220 e. The van der Waals surface area contributed by atoms with E-state index < -0.39 is 0 Å². The van der Waals surface area contributed by atoms with Crippen LogP contribution in [0.4, 0.5) is 0 Å². The molecule has 2 bridgehead atoms. The highest BCUT2D eigenvalue weighted by Gasteiger charge is 2.39. The average Bonchev–Trinajstić information content (AvgIpc) is 2.86. The van der Waals surface area contributed by atoms with E-state index in [1.807, 2.05) is 0 Å². The van der Waals surface area contributed by atoms with E-state index >= 15 is 0 Å². The summed E-state index contributed by atoms with van der Waals surface area (Å²) >= 11 is 0. The average molecular weight is 349 g/mol. The summed E-state index contributed by atoms with van der Waals surface area (Å²) in [6, 6.07) is 12.1. The Morgan fingerprint density at radius 2 is 1.79 bits per heavy atom. The molecule has 2 saturated heterocycles. The molecule has 1 aromatic rings. The van der Waals surface area contributed by atoms with Gasteiger partial charge in [0.25, 0.3) is 0 Å². The van der Waals surface area contributed by atoms with Gasteiger partial charge in [0, 0.05) is 30.5 Å². The predicted octanol–water partition coefficient (Wildman–Crippen LogP) is 3.57. The number of hydrogen-bond donors (Lipinski definition) is 2. The Morgan fingerprint density at radius 1 is 1.12 bits per heavy atom. The summed E-state index contributed by atoms with van der Waals surface area (Å²) in [5.41, 5.74) is 1.59. The minimum atomic E-state index is 0. The lowest BCUT2D eigenvalue weighted by Crippen LogP contribution is -2.46. The second kappa shape index (κ2) is 7.45. The molecule has 0 aromatic heterocycles. The third-order valence-electron chi connectivity index (χ3n) is 6.37. The van der Waals surface area contributed by atoms with Gasteiger partial charge in [0.05, 0.1) is 0 Å². The molecule has 24 heavy (non-hydrogen) atoms. The van der Waals surface area contributed by atoms with E-state index in [1.165, 1.54) is 50.5 Å². The van der Waals surface area contributed by atoms with Gasteiger partial charge in [0.15, 0.2) is 0 Å². The van der Waals surface area contributed by atoms with Crippen molar-refractivity contribution in [2.24, 2.45) is 5.92 Å². The van der Waals surface area contributed by atoms with Crippen LogP contribution < -0.4 is 10.6 Å². The number of fused-ring (bicyclic) bond motifs is 2. The van der Waals surface area contributed by atoms with Gasteiger partial charge in [0.1, 0.15) is 0 Å². The first-order chi connectivity index (χ1) is 11.2. The number of benzene rings is 1. The van der Waals surface area contributed by atoms with Crippen molar-refractivity contribution >= 4 is 18.3 Å². The number of nitrogens with one attached hydrogen (secondary N) is 2. The molecule has 1 aromatic carbocycles. The van der Waals surface area contributed by atoms with Gasteiger partial charge in [-0.3, -0.25) is 4.79 Å². The molecule has 1 saturated carbocycles. The van der Waals surface area contributed by atoms with Crippen molar-refractivity contribution in [3.8, 4) is 0 Å². The zero-order valence-corrected chi connectivity index (χ0v) is 15.1. The zero-order valence-electron chi connectivity index (χ0n) is 14.3. The number of piperidine rings is 1. The highest BCUT2D eigenvalue weighted by atomic mass is 35.5. The van der Waals surface area contributed by atoms with E-state index in [1.54, 1.807) is 0 Å². The summed E-state index contributed by atoms with van der Waals surface area (Å²) in [6.45, 7) is 0.813. The third-order valence-corrected chi connectivity index (χ3v) is 6.37. The zero-order chi connectivity index (χ0) is 15.7. The molecular weight excluding hydrogens is 320 g/mol. The van der Waals surface area contributed by atoms with Crippen LogP contribution in [0.3, 0.4) is 0 Å². The summed E-state index contributed by atoms with van der Waals surface area (Å²) < 4.78 is 0. The van der Waals surface area contributed by atoms with Crippen molar-refractivity contribution in [1.29, 1.82) is 0 Å². The first-order valence-corrected chi connectivity index (χ1v) is 9.32. The highest BCUT2D eigenvalue weighted by Crippen LogP contribution is 2.43. The van der Waals surface area contributed by atoms with Gasteiger partial charge in [-0.1, -0.05) is 36.8 Å². The van der Waals surface area contributed by atoms with Crippen LogP contribution in [0.25, 0.3) is 0 Å². The summed E-state index contributed by atoms with van der Waals surface area (Å²) in [6.07, 6.45) is 9.40. The fourth-order valence-corrected chi connectivity index (χ4v) is 4.91. The second-order valence-electron chi connectivity index (χ2n) is 7.96. The van der Waals surface area contributed by atoms with E-state index in [9.17, 15) is 4.79 Å². The van der Waals surface area contributed by atoms with Crippen LogP contribution in [0.1, 0.15) is 56.9 Å². The highest BCUT2D eigenvalue weighted by molar-refractivity contribution is 5.85. The number of carbonyl (C=O) groups excluding carboxylic acids is 1. The lowest BCUT2D eigenvalue weighted by molar-refractivity contribution is -0.122. The molecule has 0 radical (unpaired) electrons. The molecule has 4 rings (SSSR count). The molecule has 2 aliphatic heterocycles. The molecule has 2 N–H and O–H groups in total. The van der Waals surface area contributed by atoms with Gasteiger partial charge in [-0.25, -0.2) is 0 Å². The van der Waals surface area contributed by atoms with Crippen molar-refractivity contribution in [2.75, 3.05) is 6.54 Å². The Labute approximate surface area is 151 Å². The van der Waals surface area contributed by atoms with Crippen LogP contribution in [0.5, 0.6) is 0 Å². The molecule has 3 aliphatic rings. The lowest BCUT2D eigenvalue weighted by atomic mass is 9.64. The molecular formula is C20H29ClN2O. The number of hydrogen-bond acceptors (Lipinski definition) is 2. The largest absolute Gasteiger partial charge is 0.355 e. The van der Waals surface area contributed by atoms with Crippen LogP contribution in [-0.4, -0.2) is 24.5 Å². The van der Waals surface area contributed by atoms with Crippen LogP contribution in [-0.2, 0) is 10.2 Å². The van der Waals surface area contributed by atoms with Gasteiger partial charge >= 0.3 is 0 Å². The van der Waals surface area contributed by atoms with Crippen molar-refractivity contribution in [3.63, 3.8) is 0 Å². The molecule has 1 amide bonds. The van der Waals surface area contributed by atoms with Crippen molar-refractivity contribution in [1.82, 2.24) is 10.6 Å². The summed E-state index contributed by atoms with van der Waals surface area (Å²) in [7, 11) is 0. The van der Waals surface area contributed by atoms with Crippen molar-refractivity contribution in [3.05, 3.63) is 35.9 Å². The molecule has 132 valence electrons. The Hall–Kier alpha value is -1.06. The summed E-state index contributed by atoms with van der Waals surface area (Å²) in [5, 5.41) is 6.92. The Balaban J connectivity index is 0.00000169. The maximum atomic E-state index is 12.4. The van der Waals surface area contributed by atoms with Gasteiger partial charge in [0.2, 0.25) is 5.91 Å². The fourth-order valence-electron chi connectivity index (χ4n) is 4.91. The van der Waals surface area contributed by atoms with E-state index in [0.717, 1.165) is 13.0 Å². The van der Waals surface area contributed by atoms with Gasteiger partial charge in [-0.05, 0) is 50.0 Å². The Bertz CT molecular complexity index is 546. The second-order valence-corrected chi connectivity index (χ2v) is 7.96. The van der Waals surface area contributed by atoms with Crippen LogP contribution >= 0.6 is 12.4 Å². The van der Waals surface area contributed by atoms with E-state index in [2.05, 4.69) is 41.0 Å². The van der Waals surface area contributed by atoms with Crippen molar-refractivity contribution < 1.29 is 4.79 Å². The van der Waals surface area contributed by atoms with Gasteiger partial charge < -0.3 is 10.6 Å². The quantitative estimate of drug-likeness (QED) is 0.854. The number of amides is 1. The third kappa shape index (κ3) is 3.62. The molecule has 2 atom stereocenters. The van der Waals surface area contributed by atoms with E-state index in [0.29, 0.717) is 18.0 Å². The number of halogens is 1. The topological polar surface area (TPSA) is 41.1 Å². The first kappa shape index (κ1) is 17.8. The fraction of sp³-hybridized carbons (Fsp3) is 0.650. The standard InChI is InChI=1S/C20H28N2O.ClH/c23-19(13-15-11-17-7-8-18(12-15)22-17)21-14-20(9-4-10-20)16-5-2-1-3-6-16;/h1-3,5-6,15,17-18,22H,4,7-14H2,(H,21,23);1H. The van der Waals surface area contributed by atoms with Gasteiger partial charge in [-0.15, -0.1) is 12.4 Å². The molecule has 2 unspecified atom stereocenters. The first-order valence-electron chi connectivity index (χ1n) is 9.32. The molecule has 2 heterocycles. The lowest BCUT2D eigenvalue weighted by Gasteiger charge is -2.42. The minimum Gasteiger partial charge on any atom is -0.355 e. The maximum absolute atomic E-state index is 12.4. The number of carbonyl (C=O) groups is 1. The van der Waals surface area contributed by atoms with Crippen LogP contribution in [0, 0.1) is 5.92 Å².